The van der Waals surface area contributed by atoms with Crippen molar-refractivity contribution in [1.82, 2.24) is 15.0 Å². The number of amides is 1. The largest absolute Gasteiger partial charge is 0.480 e. The number of carbonyl (C=O) groups is 2. The highest BCUT2D eigenvalue weighted by Gasteiger charge is 2.13. The summed E-state index contributed by atoms with van der Waals surface area (Å²) >= 11 is 0. The molecule has 0 saturated carbocycles. The van der Waals surface area contributed by atoms with Crippen LogP contribution in [0.4, 0.5) is 0 Å². The van der Waals surface area contributed by atoms with Gasteiger partial charge in [0, 0.05) is 19.9 Å². The van der Waals surface area contributed by atoms with Gasteiger partial charge >= 0.3 is 5.97 Å². The first-order valence-electron chi connectivity index (χ1n) is 4.74. The average Bonchev–Trinajstić information content (AvgIpc) is 2.59. The van der Waals surface area contributed by atoms with E-state index < -0.39 is 5.97 Å². The SMILES string of the molecule is Cc1noc(CCC(=O)N(C)CC(=O)O)n1. The lowest BCUT2D eigenvalue weighted by atomic mass is 10.3. The Hall–Kier alpha value is -1.92. The fourth-order valence-corrected chi connectivity index (χ4v) is 1.14. The molecule has 0 saturated heterocycles. The zero-order valence-corrected chi connectivity index (χ0v) is 9.13. The molecule has 0 unspecified atom stereocenters. The van der Waals surface area contributed by atoms with Crippen molar-refractivity contribution >= 4 is 11.9 Å². The number of nitrogens with zero attached hydrogens (tertiary/aromatic N) is 3. The normalized spacial score (nSPS) is 10.1. The molecule has 7 nitrogen and oxygen atoms in total. The molecule has 0 aromatic carbocycles. The zero-order valence-electron chi connectivity index (χ0n) is 9.13. The van der Waals surface area contributed by atoms with Gasteiger partial charge in [-0.25, -0.2) is 0 Å². The molecule has 0 spiro atoms. The van der Waals surface area contributed by atoms with E-state index in [9.17, 15) is 9.59 Å². The van der Waals surface area contributed by atoms with Crippen molar-refractivity contribution in [2.75, 3.05) is 13.6 Å². The molecule has 0 atom stereocenters. The van der Waals surface area contributed by atoms with Crippen LogP contribution in [0.2, 0.25) is 0 Å². The summed E-state index contributed by atoms with van der Waals surface area (Å²) in [6, 6.07) is 0. The Kier molecular flexibility index (Phi) is 3.98. The number of carboxylic acids is 1. The number of rotatable bonds is 5. The minimum Gasteiger partial charge on any atom is -0.480 e. The predicted octanol–water partition coefficient (Wildman–Crippen LogP) is -0.146. The van der Waals surface area contributed by atoms with Crippen LogP contribution >= 0.6 is 0 Å². The van der Waals surface area contributed by atoms with Crippen LogP contribution in [0.3, 0.4) is 0 Å². The summed E-state index contributed by atoms with van der Waals surface area (Å²) in [5, 5.41) is 12.1. The van der Waals surface area contributed by atoms with Crippen LogP contribution in [0.5, 0.6) is 0 Å². The van der Waals surface area contributed by atoms with Crippen molar-refractivity contribution in [2.24, 2.45) is 0 Å². The van der Waals surface area contributed by atoms with Crippen molar-refractivity contribution in [2.45, 2.75) is 19.8 Å². The van der Waals surface area contributed by atoms with Crippen molar-refractivity contribution < 1.29 is 19.2 Å². The van der Waals surface area contributed by atoms with Gasteiger partial charge in [-0.3, -0.25) is 9.59 Å². The molecule has 1 N–H and O–H groups in total. The maximum atomic E-state index is 11.4. The van der Waals surface area contributed by atoms with E-state index in [1.54, 1.807) is 6.92 Å². The van der Waals surface area contributed by atoms with Gasteiger partial charge in [0.2, 0.25) is 11.8 Å². The van der Waals surface area contributed by atoms with Crippen LogP contribution in [-0.2, 0) is 16.0 Å². The summed E-state index contributed by atoms with van der Waals surface area (Å²) in [4.78, 5) is 26.9. The molecule has 1 amide bonds. The summed E-state index contributed by atoms with van der Waals surface area (Å²) in [7, 11) is 1.44. The fourth-order valence-electron chi connectivity index (χ4n) is 1.14. The van der Waals surface area contributed by atoms with Crippen molar-refractivity contribution in [1.29, 1.82) is 0 Å². The van der Waals surface area contributed by atoms with Gasteiger partial charge in [-0.15, -0.1) is 0 Å². The number of likely N-dealkylation sites (N-methyl/N-ethyl adjacent to an activating group) is 1. The van der Waals surface area contributed by atoms with Gasteiger partial charge in [0.1, 0.15) is 6.54 Å². The molecule has 7 heteroatoms. The topological polar surface area (TPSA) is 96.5 Å². The van der Waals surface area contributed by atoms with E-state index in [4.69, 9.17) is 9.63 Å². The maximum absolute atomic E-state index is 11.4. The molecule has 0 aliphatic heterocycles. The number of aliphatic carboxylic acids is 1. The van der Waals surface area contributed by atoms with Gasteiger partial charge in [0.25, 0.3) is 0 Å². The Balaban J connectivity index is 2.37. The average molecular weight is 227 g/mol. The van der Waals surface area contributed by atoms with E-state index in [2.05, 4.69) is 10.1 Å². The summed E-state index contributed by atoms with van der Waals surface area (Å²) in [5.74, 6) is -0.404. The summed E-state index contributed by atoms with van der Waals surface area (Å²) in [5.41, 5.74) is 0. The van der Waals surface area contributed by atoms with Gasteiger partial charge < -0.3 is 14.5 Å². The standard InChI is InChI=1S/C9H13N3O4/c1-6-10-7(16-11-6)3-4-8(13)12(2)5-9(14)15/h3-5H2,1-2H3,(H,14,15). The molecule has 0 bridgehead atoms. The van der Waals surface area contributed by atoms with Gasteiger partial charge in [-0.05, 0) is 6.92 Å². The van der Waals surface area contributed by atoms with Gasteiger partial charge in [-0.1, -0.05) is 5.16 Å². The van der Waals surface area contributed by atoms with E-state index in [1.807, 2.05) is 0 Å². The third-order valence-corrected chi connectivity index (χ3v) is 1.92. The highest BCUT2D eigenvalue weighted by molar-refractivity contribution is 5.81. The summed E-state index contributed by atoms with van der Waals surface area (Å²) in [6.45, 7) is 1.38. The molecule has 1 rings (SSSR count). The van der Waals surface area contributed by atoms with E-state index in [0.717, 1.165) is 4.90 Å². The second kappa shape index (κ2) is 5.24. The molecular formula is C9H13N3O4. The number of aromatic nitrogens is 2. The number of hydrogen-bond donors (Lipinski definition) is 1. The van der Waals surface area contributed by atoms with Crippen LogP contribution in [0.15, 0.2) is 4.52 Å². The Labute approximate surface area is 92.0 Å². The number of hydrogen-bond acceptors (Lipinski definition) is 5. The quantitative estimate of drug-likeness (QED) is 0.751. The van der Waals surface area contributed by atoms with Gasteiger partial charge in [-0.2, -0.15) is 4.98 Å². The zero-order chi connectivity index (χ0) is 12.1. The minimum atomic E-state index is -1.04. The first-order valence-corrected chi connectivity index (χ1v) is 4.74. The third-order valence-electron chi connectivity index (χ3n) is 1.92. The van der Waals surface area contributed by atoms with Crippen LogP contribution in [0, 0.1) is 6.92 Å². The molecule has 1 aromatic rings. The smallest absolute Gasteiger partial charge is 0.323 e. The second-order valence-electron chi connectivity index (χ2n) is 3.38. The number of aryl methyl sites for hydroxylation is 2. The Morgan fingerprint density at radius 3 is 2.69 bits per heavy atom. The molecule has 1 heterocycles. The molecule has 0 aliphatic carbocycles. The predicted molar refractivity (Wildman–Crippen MR) is 52.6 cm³/mol. The van der Waals surface area contributed by atoms with Crippen LogP contribution in [0.25, 0.3) is 0 Å². The van der Waals surface area contributed by atoms with E-state index in [1.165, 1.54) is 7.05 Å². The van der Waals surface area contributed by atoms with Crippen molar-refractivity contribution in [3.8, 4) is 0 Å². The summed E-state index contributed by atoms with van der Waals surface area (Å²) < 4.78 is 4.83. The molecule has 0 fully saturated rings. The Morgan fingerprint density at radius 2 is 2.19 bits per heavy atom. The molecule has 88 valence electrons. The first kappa shape index (κ1) is 12.2. The van der Waals surface area contributed by atoms with Gasteiger partial charge in [0.05, 0.1) is 0 Å². The number of carboxylic acid groups (broad SMARTS) is 1. The monoisotopic (exact) mass is 227 g/mol. The Bertz CT molecular complexity index is 388. The molecule has 16 heavy (non-hydrogen) atoms. The van der Waals surface area contributed by atoms with E-state index >= 15 is 0 Å². The van der Waals surface area contributed by atoms with Crippen molar-refractivity contribution in [3.63, 3.8) is 0 Å². The molecular weight excluding hydrogens is 214 g/mol. The summed E-state index contributed by atoms with van der Waals surface area (Å²) in [6.07, 6.45) is 0.481. The molecule has 1 aromatic heterocycles. The maximum Gasteiger partial charge on any atom is 0.323 e. The lowest BCUT2D eigenvalue weighted by Gasteiger charge is -2.13. The lowest BCUT2D eigenvalue weighted by molar-refractivity contribution is -0.143. The molecule has 0 radical (unpaired) electrons. The van der Waals surface area contributed by atoms with Crippen LogP contribution in [0.1, 0.15) is 18.1 Å². The van der Waals surface area contributed by atoms with Crippen LogP contribution < -0.4 is 0 Å². The number of carbonyl (C=O) groups excluding carboxylic acids is 1. The minimum absolute atomic E-state index is 0.158. The van der Waals surface area contributed by atoms with Gasteiger partial charge in [0.15, 0.2) is 5.82 Å². The van der Waals surface area contributed by atoms with Crippen molar-refractivity contribution in [3.05, 3.63) is 11.7 Å². The second-order valence-corrected chi connectivity index (χ2v) is 3.38. The first-order chi connectivity index (χ1) is 7.49. The molecule has 0 aliphatic rings. The third kappa shape index (κ3) is 3.68. The van der Waals surface area contributed by atoms with E-state index in [0.29, 0.717) is 18.1 Å². The Morgan fingerprint density at radius 1 is 1.50 bits per heavy atom. The van der Waals surface area contributed by atoms with E-state index in [-0.39, 0.29) is 18.9 Å². The highest BCUT2D eigenvalue weighted by atomic mass is 16.5. The fraction of sp³-hybridized carbons (Fsp3) is 0.556. The lowest BCUT2D eigenvalue weighted by Crippen LogP contribution is -2.32. The van der Waals surface area contributed by atoms with Crippen LogP contribution in [-0.4, -0.2) is 45.6 Å². The highest BCUT2D eigenvalue weighted by Crippen LogP contribution is 2.01.